The zero-order valence-corrected chi connectivity index (χ0v) is 29.0. The summed E-state index contributed by atoms with van der Waals surface area (Å²) >= 11 is 0. The average Bonchev–Trinajstić information content (AvgIpc) is 3.17. The minimum absolute atomic E-state index is 0.0346. The number of hydrogen-bond acceptors (Lipinski definition) is 4. The van der Waals surface area contributed by atoms with Crippen LogP contribution in [-0.4, -0.2) is 42.0 Å². The van der Waals surface area contributed by atoms with E-state index in [1.54, 1.807) is 7.11 Å². The maximum atomic E-state index is 15.1. The number of nitrogens with zero attached hydrogens (tertiary/aromatic N) is 2. The Bertz CT molecular complexity index is 2060. The smallest absolute Gasteiger partial charge is 0.252 e. The van der Waals surface area contributed by atoms with Crippen LogP contribution in [0.15, 0.2) is 128 Å². The van der Waals surface area contributed by atoms with Crippen LogP contribution in [0.4, 0.5) is 0 Å². The molecule has 3 aliphatic rings. The van der Waals surface area contributed by atoms with Crippen LogP contribution in [0.25, 0.3) is 21.7 Å². The zero-order chi connectivity index (χ0) is 33.3. The van der Waals surface area contributed by atoms with Gasteiger partial charge in [-0.1, -0.05) is 104 Å². The maximum absolute atomic E-state index is 15.1. The van der Waals surface area contributed by atoms with E-state index in [1.165, 1.54) is 23.5 Å². The molecule has 0 spiro atoms. The number of pyridine rings is 1. The van der Waals surface area contributed by atoms with Crippen molar-refractivity contribution in [2.45, 2.75) is 38.3 Å². The van der Waals surface area contributed by atoms with Gasteiger partial charge in [-0.3, -0.25) is 14.7 Å². The minimum Gasteiger partial charge on any atom is -0.497 e. The van der Waals surface area contributed by atoms with Crippen molar-refractivity contribution >= 4 is 51.4 Å². The van der Waals surface area contributed by atoms with E-state index in [0.717, 1.165) is 63.4 Å². The normalized spacial score (nSPS) is 20.8. The molecule has 5 aromatic carbocycles. The van der Waals surface area contributed by atoms with Crippen LogP contribution in [0.1, 0.15) is 48.1 Å². The molecule has 3 aliphatic heterocycles. The highest BCUT2D eigenvalue weighted by Crippen LogP contribution is 2.44. The number of rotatable bonds is 9. The molecule has 1 N–H and O–H groups in total. The van der Waals surface area contributed by atoms with Crippen molar-refractivity contribution < 1.29 is 9.53 Å². The Morgan fingerprint density at radius 3 is 2.33 bits per heavy atom. The average molecular weight is 664 g/mol. The van der Waals surface area contributed by atoms with Crippen molar-refractivity contribution in [1.82, 2.24) is 15.2 Å². The van der Waals surface area contributed by atoms with Gasteiger partial charge in [0.2, 0.25) is 0 Å². The van der Waals surface area contributed by atoms with Gasteiger partial charge < -0.3 is 10.1 Å². The summed E-state index contributed by atoms with van der Waals surface area (Å²) in [6.45, 7) is 4.47. The predicted molar refractivity (Wildman–Crippen MR) is 203 cm³/mol. The molecule has 3 saturated heterocycles. The summed E-state index contributed by atoms with van der Waals surface area (Å²) in [5, 5.41) is 10.5. The molecule has 6 heteroatoms. The molecule has 2 bridgehead atoms. The lowest BCUT2D eigenvalue weighted by atomic mass is 9.72. The largest absolute Gasteiger partial charge is 0.497 e. The van der Waals surface area contributed by atoms with E-state index in [9.17, 15) is 0 Å². The van der Waals surface area contributed by atoms with Crippen molar-refractivity contribution in [3.8, 4) is 5.75 Å². The molecule has 49 heavy (non-hydrogen) atoms. The molecule has 0 saturated carbocycles. The summed E-state index contributed by atoms with van der Waals surface area (Å²) in [7, 11) is 0.662. The van der Waals surface area contributed by atoms with E-state index < -0.39 is 7.92 Å². The number of methoxy groups -OCH3 is 1. The second kappa shape index (κ2) is 13.7. The van der Waals surface area contributed by atoms with Gasteiger partial charge in [-0.25, -0.2) is 0 Å². The molecule has 0 radical (unpaired) electrons. The Hall–Kier alpha value is -4.57. The standard InChI is InChI=1S/C43H42N3O2P/c1-3-29-28-46-25-23-31(29)26-40(46)41(36-22-24-44-39-21-19-32(48-2)27-38(36)39)45-43(47)37-20-18-30-12-10-11-17-35(30)42(37)49(33-13-6-4-7-14-33)34-15-8-5-9-16-34/h4-22,24,27,29,31,40-41H,3,23,25-26,28H2,1-2H3,(H,45,47)/t29-,31-,40-,41+/m0/s1. The molecule has 9 rings (SSSR count). The molecule has 1 amide bonds. The first-order valence-electron chi connectivity index (χ1n) is 17.5. The number of nitrogens with one attached hydrogen (secondary N) is 1. The predicted octanol–water partition coefficient (Wildman–Crippen LogP) is 7.75. The second-order valence-electron chi connectivity index (χ2n) is 13.4. The number of piperidine rings is 3. The van der Waals surface area contributed by atoms with Crippen LogP contribution in [-0.2, 0) is 0 Å². The Balaban J connectivity index is 1.29. The van der Waals surface area contributed by atoms with Gasteiger partial charge in [-0.15, -0.1) is 0 Å². The first-order valence-corrected chi connectivity index (χ1v) is 18.9. The van der Waals surface area contributed by atoms with Gasteiger partial charge >= 0.3 is 0 Å². The molecule has 1 aromatic heterocycles. The monoisotopic (exact) mass is 663 g/mol. The number of ether oxygens (including phenoxy) is 1. The van der Waals surface area contributed by atoms with Crippen molar-refractivity contribution in [2.75, 3.05) is 20.2 Å². The number of benzene rings is 5. The molecule has 5 nitrogen and oxygen atoms in total. The summed E-state index contributed by atoms with van der Waals surface area (Å²) in [5.41, 5.74) is 2.74. The Labute approximate surface area is 290 Å². The number of fused-ring (bicyclic) bond motifs is 5. The van der Waals surface area contributed by atoms with Crippen LogP contribution in [0, 0.1) is 11.8 Å². The highest BCUT2D eigenvalue weighted by atomic mass is 31.1. The molecule has 1 unspecified atom stereocenters. The molecular weight excluding hydrogens is 621 g/mol. The van der Waals surface area contributed by atoms with E-state index in [4.69, 9.17) is 9.72 Å². The van der Waals surface area contributed by atoms with Crippen LogP contribution in [0.2, 0.25) is 0 Å². The summed E-state index contributed by atoms with van der Waals surface area (Å²) in [5.74, 6) is 2.13. The highest BCUT2D eigenvalue weighted by Gasteiger charge is 2.44. The van der Waals surface area contributed by atoms with Gasteiger partial charge in [0.25, 0.3) is 5.91 Å². The van der Waals surface area contributed by atoms with Crippen LogP contribution in [0.3, 0.4) is 0 Å². The number of carbonyl (C=O) groups excluding carboxylic acids is 1. The van der Waals surface area contributed by atoms with Crippen LogP contribution < -0.4 is 26.0 Å². The summed E-state index contributed by atoms with van der Waals surface area (Å²) < 4.78 is 5.67. The lowest BCUT2D eigenvalue weighted by molar-refractivity contribution is -0.0152. The Kier molecular flexibility index (Phi) is 8.89. The Morgan fingerprint density at radius 2 is 1.63 bits per heavy atom. The Morgan fingerprint density at radius 1 is 0.898 bits per heavy atom. The molecule has 5 atom stereocenters. The number of amides is 1. The number of carbonyl (C=O) groups is 1. The summed E-state index contributed by atoms with van der Waals surface area (Å²) in [6, 6.07) is 42.2. The molecular formula is C43H42N3O2P. The fourth-order valence-corrected chi connectivity index (χ4v) is 11.0. The van der Waals surface area contributed by atoms with Crippen LogP contribution in [0.5, 0.6) is 5.75 Å². The molecule has 3 fully saturated rings. The van der Waals surface area contributed by atoms with Gasteiger partial charge in [0.1, 0.15) is 5.75 Å². The van der Waals surface area contributed by atoms with Crippen molar-refractivity contribution in [1.29, 1.82) is 0 Å². The van der Waals surface area contributed by atoms with Gasteiger partial charge in [0.15, 0.2) is 0 Å². The molecule has 6 aromatic rings. The van der Waals surface area contributed by atoms with Gasteiger partial charge in [-0.05, 0) is 96.4 Å². The lowest BCUT2D eigenvalue weighted by Crippen LogP contribution is -2.57. The first-order chi connectivity index (χ1) is 24.1. The summed E-state index contributed by atoms with van der Waals surface area (Å²) in [4.78, 5) is 22.5. The molecule has 4 heterocycles. The number of aromatic nitrogens is 1. The fourth-order valence-electron chi connectivity index (χ4n) is 8.37. The maximum Gasteiger partial charge on any atom is 0.252 e. The second-order valence-corrected chi connectivity index (χ2v) is 15.6. The fraction of sp³-hybridized carbons (Fsp3) is 0.256. The first kappa shape index (κ1) is 31.7. The SMILES string of the molecule is CC[C@H]1CN2CC[C@H]1C[C@H]2[C@H](NC(=O)c1ccc2ccccc2c1P(c1ccccc1)c1ccccc1)c1ccnc2ccc(OC)cc12. The zero-order valence-electron chi connectivity index (χ0n) is 28.1. The van der Waals surface area contributed by atoms with E-state index in [-0.39, 0.29) is 18.0 Å². The van der Waals surface area contributed by atoms with Crippen molar-refractivity contribution in [3.63, 3.8) is 0 Å². The van der Waals surface area contributed by atoms with Crippen molar-refractivity contribution in [2.24, 2.45) is 11.8 Å². The molecule has 246 valence electrons. The van der Waals surface area contributed by atoms with Gasteiger partial charge in [0, 0.05) is 35.0 Å². The third-order valence-corrected chi connectivity index (χ3v) is 13.4. The lowest BCUT2D eigenvalue weighted by Gasteiger charge is -2.52. The highest BCUT2D eigenvalue weighted by molar-refractivity contribution is 7.80. The van der Waals surface area contributed by atoms with E-state index in [2.05, 4.69) is 126 Å². The quantitative estimate of drug-likeness (QED) is 0.161. The van der Waals surface area contributed by atoms with Crippen LogP contribution >= 0.6 is 7.92 Å². The van der Waals surface area contributed by atoms with E-state index in [1.807, 2.05) is 18.3 Å². The van der Waals surface area contributed by atoms with E-state index in [0.29, 0.717) is 11.8 Å². The third-order valence-electron chi connectivity index (χ3n) is 10.8. The summed E-state index contributed by atoms with van der Waals surface area (Å²) in [6.07, 6.45) is 5.39. The van der Waals surface area contributed by atoms with Crippen molar-refractivity contribution in [3.05, 3.63) is 139 Å². The minimum atomic E-state index is -1.04. The van der Waals surface area contributed by atoms with Gasteiger partial charge in [0.05, 0.1) is 18.7 Å². The number of hydrogen-bond donors (Lipinski definition) is 1. The van der Waals surface area contributed by atoms with Gasteiger partial charge in [-0.2, -0.15) is 0 Å². The third kappa shape index (κ3) is 6.00. The molecule has 0 aliphatic carbocycles. The topological polar surface area (TPSA) is 54.5 Å². The van der Waals surface area contributed by atoms with E-state index >= 15 is 4.79 Å².